The molecule has 10 heteroatoms. The lowest BCUT2D eigenvalue weighted by Crippen LogP contribution is -2.29. The molecule has 0 saturated carbocycles. The molecule has 0 bridgehead atoms. The van der Waals surface area contributed by atoms with Gasteiger partial charge < -0.3 is 4.74 Å². The Morgan fingerprint density at radius 2 is 2.24 bits per heavy atom. The molecular weight excluding hydrogens is 298 g/mol. The zero-order valence-electron chi connectivity index (χ0n) is 10.6. The Morgan fingerprint density at radius 3 is 3.00 bits per heavy atom. The number of azide groups is 1. The lowest BCUT2D eigenvalue weighted by molar-refractivity contribution is -0.112. The molecule has 1 aromatic heterocycles. The fourth-order valence-corrected chi connectivity index (χ4v) is 1.91. The first-order valence-electron chi connectivity index (χ1n) is 5.65. The molecular formula is C11H6ClN7O2. The largest absolute Gasteiger partial charge is 0.412 e. The first-order chi connectivity index (χ1) is 10.1. The van der Waals surface area contributed by atoms with Gasteiger partial charge in [-0.3, -0.25) is 4.79 Å². The van der Waals surface area contributed by atoms with Crippen LogP contribution >= 0.6 is 11.6 Å². The number of halogens is 1. The van der Waals surface area contributed by atoms with Crippen LogP contribution in [0, 0.1) is 0 Å². The number of nitrogens with zero attached hydrogens (tertiary/aromatic N) is 7. The number of fused-ring (bicyclic) bond motifs is 2. The highest BCUT2D eigenvalue weighted by molar-refractivity contribution is 6.36. The minimum Gasteiger partial charge on any atom is -0.412 e. The molecule has 21 heavy (non-hydrogen) atoms. The van der Waals surface area contributed by atoms with Gasteiger partial charge in [0.15, 0.2) is 0 Å². The Hall–Kier alpha value is -2.90. The molecule has 0 radical (unpaired) electrons. The molecule has 0 N–H and O–H groups in total. The van der Waals surface area contributed by atoms with E-state index in [2.05, 4.69) is 25.1 Å². The van der Waals surface area contributed by atoms with Crippen LogP contribution in [0.1, 0.15) is 0 Å². The number of hydrazone groups is 1. The number of anilines is 1. The van der Waals surface area contributed by atoms with Gasteiger partial charge in [0.25, 0.3) is 11.8 Å². The van der Waals surface area contributed by atoms with E-state index < -0.39 is 5.91 Å². The molecule has 0 atom stereocenters. The van der Waals surface area contributed by atoms with E-state index in [4.69, 9.17) is 21.9 Å². The van der Waals surface area contributed by atoms with Crippen LogP contribution in [0.4, 0.5) is 5.82 Å². The second-order valence-electron chi connectivity index (χ2n) is 4.01. The molecule has 2 aromatic rings. The minimum atomic E-state index is -0.942. The van der Waals surface area contributed by atoms with Gasteiger partial charge in [0, 0.05) is 17.0 Å². The lowest BCUT2D eigenvalue weighted by atomic mass is 10.3. The van der Waals surface area contributed by atoms with Crippen molar-refractivity contribution >= 4 is 40.3 Å². The molecule has 104 valence electrons. The van der Waals surface area contributed by atoms with Crippen LogP contribution in [-0.2, 0) is 4.79 Å². The molecule has 0 fully saturated rings. The zero-order chi connectivity index (χ0) is 15.0. The van der Waals surface area contributed by atoms with E-state index in [0.29, 0.717) is 21.9 Å². The Morgan fingerprint density at radius 1 is 1.43 bits per heavy atom. The van der Waals surface area contributed by atoms with E-state index in [0.717, 1.165) is 0 Å². The number of carbonyl (C=O) groups excluding carboxylic acids is 1. The third kappa shape index (κ3) is 2.31. The number of hydrogen-bond acceptors (Lipinski definition) is 6. The highest BCUT2D eigenvalue weighted by atomic mass is 35.5. The van der Waals surface area contributed by atoms with Crippen molar-refractivity contribution in [1.29, 1.82) is 0 Å². The van der Waals surface area contributed by atoms with Crippen LogP contribution in [-0.4, -0.2) is 28.8 Å². The number of benzene rings is 1. The predicted molar refractivity (Wildman–Crippen MR) is 75.2 cm³/mol. The van der Waals surface area contributed by atoms with Crippen molar-refractivity contribution in [2.24, 2.45) is 10.2 Å². The summed E-state index contributed by atoms with van der Waals surface area (Å²) < 4.78 is 5.24. The third-order valence-electron chi connectivity index (χ3n) is 2.64. The second-order valence-corrected chi connectivity index (χ2v) is 4.45. The van der Waals surface area contributed by atoms with Crippen molar-refractivity contribution < 1.29 is 9.53 Å². The van der Waals surface area contributed by atoms with Crippen LogP contribution in [0.5, 0.6) is 5.88 Å². The Labute approximate surface area is 122 Å². The summed E-state index contributed by atoms with van der Waals surface area (Å²) in [5.74, 6) is -0.900. The summed E-state index contributed by atoms with van der Waals surface area (Å²) in [4.78, 5) is 22.5. The molecule has 0 aliphatic carbocycles. The van der Waals surface area contributed by atoms with Crippen molar-refractivity contribution in [1.82, 2.24) is 9.97 Å². The predicted octanol–water partition coefficient (Wildman–Crippen LogP) is 2.26. The van der Waals surface area contributed by atoms with Crippen molar-refractivity contribution in [2.75, 3.05) is 12.1 Å². The van der Waals surface area contributed by atoms with Gasteiger partial charge in [0.1, 0.15) is 0 Å². The molecule has 2 heterocycles. The van der Waals surface area contributed by atoms with E-state index in [1.165, 1.54) is 5.01 Å². The molecule has 0 saturated heterocycles. The first-order valence-corrected chi connectivity index (χ1v) is 6.03. The van der Waals surface area contributed by atoms with E-state index in [1.54, 1.807) is 25.2 Å². The quantitative estimate of drug-likeness (QED) is 0.455. The Kier molecular flexibility index (Phi) is 3.05. The van der Waals surface area contributed by atoms with Crippen LogP contribution in [0.2, 0.25) is 5.02 Å². The number of rotatable bonds is 1. The van der Waals surface area contributed by atoms with Crippen molar-refractivity contribution in [3.63, 3.8) is 0 Å². The molecule has 9 nitrogen and oxygen atoms in total. The summed E-state index contributed by atoms with van der Waals surface area (Å²) in [6.45, 7) is 0. The van der Waals surface area contributed by atoms with E-state index in [9.17, 15) is 4.79 Å². The fraction of sp³-hybridized carbons (Fsp3) is 0.0909. The number of amides is 1. The van der Waals surface area contributed by atoms with Crippen molar-refractivity contribution in [2.45, 2.75) is 0 Å². The van der Waals surface area contributed by atoms with Gasteiger partial charge in [-0.05, 0) is 28.8 Å². The number of ether oxygens (including phenoxy) is 1. The summed E-state index contributed by atoms with van der Waals surface area (Å²) in [5, 5.41) is 8.59. The summed E-state index contributed by atoms with van der Waals surface area (Å²) in [5.41, 5.74) is 9.38. The molecule has 0 spiro atoms. The van der Waals surface area contributed by atoms with E-state index >= 15 is 0 Å². The molecule has 0 unspecified atom stereocenters. The summed E-state index contributed by atoms with van der Waals surface area (Å²) in [6, 6.07) is 5.02. The average Bonchev–Trinajstić information content (AvgIpc) is 2.45. The van der Waals surface area contributed by atoms with E-state index in [1.807, 2.05) is 0 Å². The average molecular weight is 304 g/mol. The fourth-order valence-electron chi connectivity index (χ4n) is 1.75. The number of carbonyl (C=O) groups is 1. The molecule has 1 aliphatic rings. The monoisotopic (exact) mass is 303 g/mol. The van der Waals surface area contributed by atoms with Gasteiger partial charge in [-0.15, -0.1) is 5.10 Å². The SMILES string of the molecule is CN1N=C(C(=O)N=[N+]=[N-])Oc2nc3cc(Cl)ccc3nc21. The number of hydrogen-bond donors (Lipinski definition) is 0. The summed E-state index contributed by atoms with van der Waals surface area (Å²) >= 11 is 5.90. The van der Waals surface area contributed by atoms with Gasteiger partial charge in [-0.25, -0.2) is 15.0 Å². The highest BCUT2D eigenvalue weighted by Crippen LogP contribution is 2.30. The van der Waals surface area contributed by atoms with E-state index in [-0.39, 0.29) is 11.8 Å². The van der Waals surface area contributed by atoms with Gasteiger partial charge in [-0.2, -0.15) is 0 Å². The van der Waals surface area contributed by atoms with Gasteiger partial charge >= 0.3 is 5.91 Å². The molecule has 1 aliphatic heterocycles. The molecule has 1 amide bonds. The van der Waals surface area contributed by atoms with Crippen LogP contribution < -0.4 is 9.75 Å². The first kappa shape index (κ1) is 13.1. The number of aromatic nitrogens is 2. The van der Waals surface area contributed by atoms with Crippen molar-refractivity contribution in [3.05, 3.63) is 33.7 Å². The molecule has 1 aromatic carbocycles. The standard InChI is InChI=1S/C11H6ClN7O2/c1-19-8-10(21-11(17-19)9(20)16-18-13)15-7-4-5(12)2-3-6(7)14-8/h2-4H,1H3. The maximum absolute atomic E-state index is 11.5. The molecule has 3 rings (SSSR count). The second kappa shape index (κ2) is 4.89. The smallest absolute Gasteiger partial charge is 0.305 e. The Balaban J connectivity index is 2.11. The van der Waals surface area contributed by atoms with Gasteiger partial charge in [0.2, 0.25) is 5.82 Å². The normalized spacial score (nSPS) is 13.0. The van der Waals surface area contributed by atoms with Gasteiger partial charge in [0.05, 0.1) is 11.0 Å². The maximum Gasteiger partial charge on any atom is 0.305 e. The zero-order valence-corrected chi connectivity index (χ0v) is 11.3. The van der Waals surface area contributed by atoms with Crippen LogP contribution in [0.25, 0.3) is 21.5 Å². The highest BCUT2D eigenvalue weighted by Gasteiger charge is 2.26. The van der Waals surface area contributed by atoms with Crippen LogP contribution in [0.15, 0.2) is 28.4 Å². The minimum absolute atomic E-state index is 0.0822. The van der Waals surface area contributed by atoms with Crippen molar-refractivity contribution in [3.8, 4) is 5.88 Å². The lowest BCUT2D eigenvalue weighted by Gasteiger charge is -2.21. The topological polar surface area (TPSA) is 116 Å². The summed E-state index contributed by atoms with van der Waals surface area (Å²) in [7, 11) is 1.57. The Bertz CT molecular complexity index is 844. The third-order valence-corrected chi connectivity index (χ3v) is 2.87. The maximum atomic E-state index is 11.5. The summed E-state index contributed by atoms with van der Waals surface area (Å²) in [6.07, 6.45) is 0. The van der Waals surface area contributed by atoms with Crippen LogP contribution in [0.3, 0.4) is 0 Å². The van der Waals surface area contributed by atoms with Gasteiger partial charge in [-0.1, -0.05) is 11.6 Å².